The van der Waals surface area contributed by atoms with Crippen LogP contribution in [0.1, 0.15) is 20.9 Å². The standard InChI is InChI=1S/C12H13N3O2S/c1-6-7(2)18-12(14-6)15-10-4-3-8(13)5-9(10)11(16)17/h3-5H,13H2,1-2H3,(H,14,15)(H,16,17). The Balaban J connectivity index is 2.36. The summed E-state index contributed by atoms with van der Waals surface area (Å²) in [6, 6.07) is 4.73. The Bertz CT molecular complexity index is 588. The smallest absolute Gasteiger partial charge is 0.337 e. The number of aryl methyl sites for hydroxylation is 2. The van der Waals surface area contributed by atoms with Gasteiger partial charge in [-0.25, -0.2) is 9.78 Å². The largest absolute Gasteiger partial charge is 0.478 e. The number of nitrogen functional groups attached to an aromatic ring is 1. The molecule has 0 aliphatic carbocycles. The second-order valence-corrected chi connectivity index (χ2v) is 5.10. The van der Waals surface area contributed by atoms with Gasteiger partial charge in [0.1, 0.15) is 0 Å². The summed E-state index contributed by atoms with van der Waals surface area (Å²) < 4.78 is 0. The number of thiazole rings is 1. The third kappa shape index (κ3) is 2.43. The molecule has 94 valence electrons. The summed E-state index contributed by atoms with van der Waals surface area (Å²) in [5, 5.41) is 12.8. The molecule has 5 nitrogen and oxygen atoms in total. The zero-order valence-corrected chi connectivity index (χ0v) is 10.8. The monoisotopic (exact) mass is 263 g/mol. The van der Waals surface area contributed by atoms with Crippen molar-refractivity contribution in [3.8, 4) is 0 Å². The van der Waals surface area contributed by atoms with Crippen LogP contribution in [-0.2, 0) is 0 Å². The van der Waals surface area contributed by atoms with Gasteiger partial charge in [-0.15, -0.1) is 11.3 Å². The molecule has 0 atom stereocenters. The quantitative estimate of drug-likeness (QED) is 0.741. The summed E-state index contributed by atoms with van der Waals surface area (Å²) in [6.07, 6.45) is 0. The molecule has 0 radical (unpaired) electrons. The maximum Gasteiger partial charge on any atom is 0.337 e. The molecule has 0 fully saturated rings. The van der Waals surface area contributed by atoms with E-state index in [4.69, 9.17) is 10.8 Å². The number of carboxylic acids is 1. The number of hydrogen-bond donors (Lipinski definition) is 3. The lowest BCUT2D eigenvalue weighted by molar-refractivity contribution is 0.0698. The minimum Gasteiger partial charge on any atom is -0.478 e. The fraction of sp³-hybridized carbons (Fsp3) is 0.167. The van der Waals surface area contributed by atoms with Crippen LogP contribution < -0.4 is 11.1 Å². The van der Waals surface area contributed by atoms with Gasteiger partial charge in [0.05, 0.1) is 16.9 Å². The molecule has 0 aliphatic heterocycles. The molecule has 2 rings (SSSR count). The molecular weight excluding hydrogens is 250 g/mol. The van der Waals surface area contributed by atoms with E-state index in [9.17, 15) is 4.79 Å². The summed E-state index contributed by atoms with van der Waals surface area (Å²) in [4.78, 5) is 16.5. The Morgan fingerprint density at radius 2 is 2.17 bits per heavy atom. The fourth-order valence-electron chi connectivity index (χ4n) is 1.49. The van der Waals surface area contributed by atoms with Crippen molar-refractivity contribution in [2.24, 2.45) is 0 Å². The third-order valence-corrected chi connectivity index (χ3v) is 3.53. The van der Waals surface area contributed by atoms with E-state index >= 15 is 0 Å². The molecule has 1 aromatic heterocycles. The fourth-order valence-corrected chi connectivity index (χ4v) is 2.32. The first kappa shape index (κ1) is 12.4. The van der Waals surface area contributed by atoms with Crippen LogP contribution in [0.15, 0.2) is 18.2 Å². The van der Waals surface area contributed by atoms with Gasteiger partial charge in [-0.3, -0.25) is 0 Å². The van der Waals surface area contributed by atoms with E-state index in [2.05, 4.69) is 10.3 Å². The minimum atomic E-state index is -1.02. The summed E-state index contributed by atoms with van der Waals surface area (Å²) in [7, 11) is 0. The van der Waals surface area contributed by atoms with Crippen LogP contribution in [0.2, 0.25) is 0 Å². The molecule has 1 heterocycles. The number of carbonyl (C=O) groups is 1. The Hall–Kier alpha value is -2.08. The molecule has 2 aromatic rings. The highest BCUT2D eigenvalue weighted by Gasteiger charge is 2.12. The number of nitrogens with two attached hydrogens (primary N) is 1. The normalized spacial score (nSPS) is 10.3. The number of carboxylic acid groups (broad SMARTS) is 1. The summed E-state index contributed by atoms with van der Waals surface area (Å²) >= 11 is 1.49. The van der Waals surface area contributed by atoms with Crippen molar-refractivity contribution in [1.29, 1.82) is 0 Å². The summed E-state index contributed by atoms with van der Waals surface area (Å²) in [5.41, 5.74) is 7.57. The maximum atomic E-state index is 11.1. The zero-order valence-electron chi connectivity index (χ0n) is 10.0. The van der Waals surface area contributed by atoms with Gasteiger partial charge in [0.15, 0.2) is 5.13 Å². The van der Waals surface area contributed by atoms with Crippen molar-refractivity contribution < 1.29 is 9.90 Å². The first-order valence-corrected chi connectivity index (χ1v) is 6.13. The van der Waals surface area contributed by atoms with Gasteiger partial charge < -0.3 is 16.2 Å². The molecule has 0 bridgehead atoms. The number of hydrogen-bond acceptors (Lipinski definition) is 5. The predicted octanol–water partition coefficient (Wildman–Crippen LogP) is 2.78. The molecule has 6 heteroatoms. The van der Waals surface area contributed by atoms with Crippen LogP contribution >= 0.6 is 11.3 Å². The lowest BCUT2D eigenvalue weighted by Crippen LogP contribution is -2.03. The molecule has 0 unspecified atom stereocenters. The van der Waals surface area contributed by atoms with Gasteiger partial charge in [0, 0.05) is 10.6 Å². The van der Waals surface area contributed by atoms with Crippen molar-refractivity contribution in [2.45, 2.75) is 13.8 Å². The van der Waals surface area contributed by atoms with Crippen molar-refractivity contribution >= 4 is 33.8 Å². The second kappa shape index (κ2) is 4.66. The van der Waals surface area contributed by atoms with Crippen LogP contribution in [0.25, 0.3) is 0 Å². The highest BCUT2D eigenvalue weighted by molar-refractivity contribution is 7.15. The number of aromatic nitrogens is 1. The number of aromatic carboxylic acids is 1. The number of nitrogens with one attached hydrogen (secondary N) is 1. The van der Waals surface area contributed by atoms with E-state index in [1.54, 1.807) is 12.1 Å². The Morgan fingerprint density at radius 1 is 1.44 bits per heavy atom. The van der Waals surface area contributed by atoms with E-state index in [1.165, 1.54) is 17.4 Å². The number of nitrogens with zero attached hydrogens (tertiary/aromatic N) is 1. The Labute approximate surface area is 108 Å². The van der Waals surface area contributed by atoms with Gasteiger partial charge in [-0.05, 0) is 32.0 Å². The maximum absolute atomic E-state index is 11.1. The predicted molar refractivity (Wildman–Crippen MR) is 72.7 cm³/mol. The van der Waals surface area contributed by atoms with Crippen LogP contribution in [0.3, 0.4) is 0 Å². The van der Waals surface area contributed by atoms with Crippen LogP contribution in [0.4, 0.5) is 16.5 Å². The van der Waals surface area contributed by atoms with Crippen LogP contribution in [-0.4, -0.2) is 16.1 Å². The molecule has 0 saturated carbocycles. The highest BCUT2D eigenvalue weighted by Crippen LogP contribution is 2.27. The number of rotatable bonds is 3. The molecule has 0 aliphatic rings. The lowest BCUT2D eigenvalue weighted by Gasteiger charge is -2.07. The van der Waals surface area contributed by atoms with Gasteiger partial charge in [-0.2, -0.15) is 0 Å². The van der Waals surface area contributed by atoms with Crippen molar-refractivity contribution in [2.75, 3.05) is 11.1 Å². The van der Waals surface area contributed by atoms with Gasteiger partial charge in [-0.1, -0.05) is 0 Å². The van der Waals surface area contributed by atoms with Gasteiger partial charge in [0.2, 0.25) is 0 Å². The average molecular weight is 263 g/mol. The Kier molecular flexibility index (Phi) is 3.20. The molecule has 0 amide bonds. The zero-order chi connectivity index (χ0) is 13.3. The minimum absolute atomic E-state index is 0.139. The number of anilines is 3. The lowest BCUT2D eigenvalue weighted by atomic mass is 10.1. The summed E-state index contributed by atoms with van der Waals surface area (Å²) in [5.74, 6) is -1.02. The average Bonchev–Trinajstić information content (AvgIpc) is 2.60. The molecule has 4 N–H and O–H groups in total. The van der Waals surface area contributed by atoms with E-state index in [1.807, 2.05) is 13.8 Å². The van der Waals surface area contributed by atoms with Crippen molar-refractivity contribution in [3.05, 3.63) is 34.3 Å². The van der Waals surface area contributed by atoms with Crippen LogP contribution in [0, 0.1) is 13.8 Å². The van der Waals surface area contributed by atoms with E-state index in [0.717, 1.165) is 10.6 Å². The molecule has 0 saturated heterocycles. The van der Waals surface area contributed by atoms with E-state index < -0.39 is 5.97 Å². The molecular formula is C12H13N3O2S. The topological polar surface area (TPSA) is 88.2 Å². The first-order valence-electron chi connectivity index (χ1n) is 5.31. The van der Waals surface area contributed by atoms with Gasteiger partial charge >= 0.3 is 5.97 Å². The second-order valence-electron chi connectivity index (χ2n) is 3.90. The van der Waals surface area contributed by atoms with E-state index in [0.29, 0.717) is 16.5 Å². The number of benzene rings is 1. The van der Waals surface area contributed by atoms with E-state index in [-0.39, 0.29) is 5.56 Å². The summed E-state index contributed by atoms with van der Waals surface area (Å²) in [6.45, 7) is 3.89. The van der Waals surface area contributed by atoms with Crippen LogP contribution in [0.5, 0.6) is 0 Å². The molecule has 18 heavy (non-hydrogen) atoms. The highest BCUT2D eigenvalue weighted by atomic mass is 32.1. The van der Waals surface area contributed by atoms with Gasteiger partial charge in [0.25, 0.3) is 0 Å². The Morgan fingerprint density at radius 3 is 2.72 bits per heavy atom. The molecule has 0 spiro atoms. The first-order chi connectivity index (χ1) is 8.47. The SMILES string of the molecule is Cc1nc(Nc2ccc(N)cc2C(=O)O)sc1C. The van der Waals surface area contributed by atoms with Crippen molar-refractivity contribution in [1.82, 2.24) is 4.98 Å². The third-order valence-electron chi connectivity index (χ3n) is 2.54. The molecule has 1 aromatic carbocycles. The van der Waals surface area contributed by atoms with Crippen molar-refractivity contribution in [3.63, 3.8) is 0 Å².